The van der Waals surface area contributed by atoms with Crippen molar-refractivity contribution >= 4 is 43.8 Å². The zero-order valence-electron chi connectivity index (χ0n) is 26.2. The van der Waals surface area contributed by atoms with Crippen molar-refractivity contribution in [1.29, 1.82) is 0 Å². The molecule has 0 aliphatic heterocycles. The molecule has 0 N–H and O–H groups in total. The normalized spacial score (nSPS) is 12.2. The number of halogens is 9. The molecule has 4 aromatic carbocycles. The maximum Gasteiger partial charge on any atom is 0.460 e. The van der Waals surface area contributed by atoms with Gasteiger partial charge in [-0.2, -0.15) is 39.5 Å². The molecular formula is C32H31F9O6S4. The molecule has 0 heterocycles. The van der Waals surface area contributed by atoms with Gasteiger partial charge in [0.05, 0.1) is 10.1 Å². The SMILES string of the molecule is CCCCS(=O)(=O)[O-].O=S(=O)([O-])C(F)(F)C(F)(F)C(F)(F)C(F)(F)F.c1ccc([SH+]c2ccccc2)cc1.c1ccc([SH+]c2ccccc2)cc1. The summed E-state index contributed by atoms with van der Waals surface area (Å²) >= 11 is 2.56. The minimum Gasteiger partial charge on any atom is -0.748 e. The van der Waals surface area contributed by atoms with Gasteiger partial charge in [0.1, 0.15) is 0 Å². The third-order valence-corrected chi connectivity index (χ3v) is 9.62. The fourth-order valence-electron chi connectivity index (χ4n) is 3.15. The number of thiol groups is 2. The molecule has 0 saturated heterocycles. The lowest BCUT2D eigenvalue weighted by molar-refractivity contribution is -0.382. The van der Waals surface area contributed by atoms with Crippen LogP contribution in [0.25, 0.3) is 0 Å². The minimum absolute atomic E-state index is 0.219. The fourth-order valence-corrected chi connectivity index (χ4v) is 6.11. The summed E-state index contributed by atoms with van der Waals surface area (Å²) < 4.78 is 165. The second-order valence-corrected chi connectivity index (χ2v) is 15.3. The fraction of sp³-hybridized carbons (Fsp3) is 0.250. The Morgan fingerprint density at radius 1 is 0.510 bits per heavy atom. The van der Waals surface area contributed by atoms with Gasteiger partial charge in [-0.1, -0.05) is 86.1 Å². The van der Waals surface area contributed by atoms with E-state index in [4.69, 9.17) is 0 Å². The van der Waals surface area contributed by atoms with Crippen molar-refractivity contribution in [2.24, 2.45) is 0 Å². The Bertz CT molecular complexity index is 1630. The second kappa shape index (κ2) is 20.1. The molecule has 0 aliphatic carbocycles. The molecule has 4 aromatic rings. The summed E-state index contributed by atoms with van der Waals surface area (Å²) in [6.07, 6.45) is -5.93. The average Bonchev–Trinajstić information content (AvgIpc) is 3.05. The summed E-state index contributed by atoms with van der Waals surface area (Å²) in [4.78, 5) is 5.37. The molecule has 0 unspecified atom stereocenters. The van der Waals surface area contributed by atoms with E-state index in [1.807, 2.05) is 31.2 Å². The standard InChI is InChI=1S/2C12H10S.C4HF9O3S.C4H10O3S/c2*1-3-7-11(8-4-1)13-12-9-5-2-6-10-12;5-1(6,3(9,10)11)2(7,8)4(12,13)17(14,15)16;1-2-3-4-8(5,6)7/h2*1-10H;(H,14,15,16);2-4H2,1H3,(H,5,6,7). The summed E-state index contributed by atoms with van der Waals surface area (Å²) in [5.74, 6) is -15.0. The molecule has 19 heteroatoms. The van der Waals surface area contributed by atoms with Gasteiger partial charge in [-0.05, 0) is 55.0 Å². The molecule has 0 aromatic heterocycles. The summed E-state index contributed by atoms with van der Waals surface area (Å²) in [6, 6.07) is 42.0. The van der Waals surface area contributed by atoms with Crippen molar-refractivity contribution in [2.75, 3.05) is 5.75 Å². The van der Waals surface area contributed by atoms with Crippen LogP contribution in [0.5, 0.6) is 0 Å². The van der Waals surface area contributed by atoms with Crippen molar-refractivity contribution in [3.05, 3.63) is 121 Å². The van der Waals surface area contributed by atoms with Crippen molar-refractivity contribution in [1.82, 2.24) is 0 Å². The summed E-state index contributed by atoms with van der Waals surface area (Å²) in [6.45, 7) is 1.84. The van der Waals surface area contributed by atoms with Gasteiger partial charge in [-0.15, -0.1) is 0 Å². The largest absolute Gasteiger partial charge is 0.748 e. The first-order valence-electron chi connectivity index (χ1n) is 14.2. The molecule has 0 bridgehead atoms. The molecule has 0 spiro atoms. The molecule has 282 valence electrons. The highest BCUT2D eigenvalue weighted by atomic mass is 32.2. The van der Waals surface area contributed by atoms with Crippen molar-refractivity contribution < 1.29 is 65.5 Å². The number of rotatable bonds is 10. The molecule has 0 radical (unpaired) electrons. The lowest BCUT2D eigenvalue weighted by atomic mass is 10.1. The van der Waals surface area contributed by atoms with Crippen LogP contribution in [0.15, 0.2) is 141 Å². The smallest absolute Gasteiger partial charge is 0.460 e. The molecule has 0 amide bonds. The highest BCUT2D eigenvalue weighted by molar-refractivity contribution is 7.86. The average molecular weight is 811 g/mol. The van der Waals surface area contributed by atoms with Crippen LogP contribution in [0, 0.1) is 0 Å². The van der Waals surface area contributed by atoms with Gasteiger partial charge in [-0.25, -0.2) is 16.8 Å². The van der Waals surface area contributed by atoms with Crippen LogP contribution in [0.2, 0.25) is 0 Å². The topological polar surface area (TPSA) is 114 Å². The van der Waals surface area contributed by atoms with Gasteiger partial charge < -0.3 is 9.11 Å². The monoisotopic (exact) mass is 810 g/mol. The maximum absolute atomic E-state index is 12.2. The molecule has 4 rings (SSSR count). The van der Waals surface area contributed by atoms with Crippen LogP contribution < -0.4 is 0 Å². The third-order valence-electron chi connectivity index (χ3n) is 5.72. The van der Waals surface area contributed by atoms with Crippen LogP contribution in [0.3, 0.4) is 0 Å². The Morgan fingerprint density at radius 3 is 0.961 bits per heavy atom. The first kappa shape index (κ1) is 45.8. The summed E-state index contributed by atoms with van der Waals surface area (Å²) in [5, 5.41) is -7.11. The van der Waals surface area contributed by atoms with Crippen LogP contribution in [-0.4, -0.2) is 55.0 Å². The molecule has 0 fully saturated rings. The van der Waals surface area contributed by atoms with Gasteiger partial charge >= 0.3 is 23.3 Å². The molecule has 0 atom stereocenters. The van der Waals surface area contributed by atoms with Crippen LogP contribution >= 0.6 is 0 Å². The van der Waals surface area contributed by atoms with Crippen molar-refractivity contribution in [2.45, 2.75) is 62.6 Å². The molecule has 6 nitrogen and oxygen atoms in total. The Hall–Kier alpha value is -3.23. The van der Waals surface area contributed by atoms with E-state index in [9.17, 15) is 65.5 Å². The van der Waals surface area contributed by atoms with Crippen molar-refractivity contribution in [3.8, 4) is 0 Å². The van der Waals surface area contributed by atoms with E-state index in [0.717, 1.165) is 6.42 Å². The van der Waals surface area contributed by atoms with E-state index < -0.39 is 43.5 Å². The number of unbranched alkanes of at least 4 members (excludes halogenated alkanes) is 1. The number of hydrogen-bond acceptors (Lipinski definition) is 6. The third kappa shape index (κ3) is 15.5. The zero-order valence-corrected chi connectivity index (χ0v) is 29.7. The van der Waals surface area contributed by atoms with Crippen molar-refractivity contribution in [3.63, 3.8) is 0 Å². The lowest BCUT2D eigenvalue weighted by Crippen LogP contribution is -2.63. The van der Waals surface area contributed by atoms with Crippen LogP contribution in [-0.2, 0) is 43.8 Å². The predicted molar refractivity (Wildman–Crippen MR) is 176 cm³/mol. The number of hydrogen-bond donors (Lipinski definition) is 0. The Labute approximate surface area is 298 Å². The maximum atomic E-state index is 12.2. The highest BCUT2D eigenvalue weighted by Crippen LogP contribution is 2.54. The molecular weight excluding hydrogens is 780 g/mol. The van der Waals surface area contributed by atoms with Gasteiger partial charge in [-0.3, -0.25) is 0 Å². The van der Waals surface area contributed by atoms with E-state index in [0.29, 0.717) is 6.42 Å². The molecule has 0 aliphatic rings. The van der Waals surface area contributed by atoms with E-state index in [1.54, 1.807) is 0 Å². The Balaban J connectivity index is 0.000000349. The first-order chi connectivity index (χ1) is 23.5. The summed E-state index contributed by atoms with van der Waals surface area (Å²) in [7, 11) is -11.4. The van der Waals surface area contributed by atoms with Crippen LogP contribution in [0.1, 0.15) is 19.8 Å². The highest BCUT2D eigenvalue weighted by Gasteiger charge is 2.83. The zero-order chi connectivity index (χ0) is 39.0. The van der Waals surface area contributed by atoms with Gasteiger partial charge in [0, 0.05) is 29.3 Å². The quantitative estimate of drug-likeness (QED) is 0.0692. The van der Waals surface area contributed by atoms with Crippen LogP contribution in [0.4, 0.5) is 39.5 Å². The number of alkyl halides is 9. The van der Waals surface area contributed by atoms with E-state index in [2.05, 4.69) is 97.1 Å². The number of benzene rings is 4. The molecule has 51 heavy (non-hydrogen) atoms. The van der Waals surface area contributed by atoms with Gasteiger partial charge in [0.2, 0.25) is 0 Å². The van der Waals surface area contributed by atoms with E-state index in [1.165, 1.54) is 43.1 Å². The molecule has 0 saturated carbocycles. The second-order valence-electron chi connectivity index (χ2n) is 9.80. The van der Waals surface area contributed by atoms with Gasteiger partial charge in [0.15, 0.2) is 29.7 Å². The Kier molecular flexibility index (Phi) is 18.1. The lowest BCUT2D eigenvalue weighted by Gasteiger charge is -2.34. The minimum atomic E-state index is -7.43. The predicted octanol–water partition coefficient (Wildman–Crippen LogP) is 8.13. The first-order valence-corrected chi connectivity index (χ1v) is 19.0. The summed E-state index contributed by atoms with van der Waals surface area (Å²) in [5.41, 5.74) is 0. The van der Waals surface area contributed by atoms with E-state index >= 15 is 0 Å². The van der Waals surface area contributed by atoms with E-state index in [-0.39, 0.29) is 5.75 Å². The van der Waals surface area contributed by atoms with Gasteiger partial charge in [0.25, 0.3) is 0 Å². The Morgan fingerprint density at radius 2 is 0.784 bits per heavy atom.